The summed E-state index contributed by atoms with van der Waals surface area (Å²) in [6.45, 7) is 4.55. The Kier molecular flexibility index (Phi) is 3.85. The third kappa shape index (κ3) is 2.50. The number of anilines is 1. The minimum absolute atomic E-state index is 0.358. The summed E-state index contributed by atoms with van der Waals surface area (Å²) in [4.78, 5) is 0. The maximum absolute atomic E-state index is 6.11. The highest BCUT2D eigenvalue weighted by Crippen LogP contribution is 2.42. The van der Waals surface area contributed by atoms with Crippen LogP contribution in [0, 0.1) is 11.8 Å². The monoisotopic (exact) mass is 305 g/mol. The zero-order valence-corrected chi connectivity index (χ0v) is 13.1. The second kappa shape index (κ2) is 5.64. The van der Waals surface area contributed by atoms with Crippen LogP contribution in [-0.2, 0) is 0 Å². The van der Waals surface area contributed by atoms with Crippen LogP contribution in [0.15, 0.2) is 18.2 Å². The average Bonchev–Trinajstić information content (AvgIpc) is 3.08. The van der Waals surface area contributed by atoms with Crippen molar-refractivity contribution in [1.82, 2.24) is 20.2 Å². The highest BCUT2D eigenvalue weighted by atomic mass is 35.5. The Bertz CT molecular complexity index is 639. The molecule has 112 valence electrons. The zero-order chi connectivity index (χ0) is 15.0. The molecular formula is C15H20ClN5. The van der Waals surface area contributed by atoms with Crippen LogP contribution < -0.4 is 5.73 Å². The Morgan fingerprint density at radius 1 is 1.38 bits per heavy atom. The molecule has 21 heavy (non-hydrogen) atoms. The molecule has 6 heteroatoms. The molecule has 1 aromatic carbocycles. The molecule has 0 amide bonds. The fourth-order valence-corrected chi connectivity index (χ4v) is 3.60. The van der Waals surface area contributed by atoms with Gasteiger partial charge in [-0.25, -0.2) is 4.68 Å². The summed E-state index contributed by atoms with van der Waals surface area (Å²) in [5.41, 5.74) is 7.25. The number of tetrazole rings is 1. The predicted molar refractivity (Wildman–Crippen MR) is 83.9 cm³/mol. The van der Waals surface area contributed by atoms with Gasteiger partial charge in [-0.2, -0.15) is 0 Å². The maximum atomic E-state index is 6.11. The SMILES string of the molecule is CCC1CCC(n2nnnc2-c2ccc(N)c(Cl)c2)C1C. The second-order valence-corrected chi connectivity index (χ2v) is 6.26. The van der Waals surface area contributed by atoms with Gasteiger partial charge in [-0.15, -0.1) is 5.10 Å². The van der Waals surface area contributed by atoms with Crippen molar-refractivity contribution in [3.05, 3.63) is 23.2 Å². The number of hydrogen-bond donors (Lipinski definition) is 1. The minimum atomic E-state index is 0.358. The van der Waals surface area contributed by atoms with E-state index in [2.05, 4.69) is 29.4 Å². The molecule has 3 unspecified atom stereocenters. The van der Waals surface area contributed by atoms with Gasteiger partial charge in [0.25, 0.3) is 0 Å². The summed E-state index contributed by atoms with van der Waals surface area (Å²) < 4.78 is 1.96. The molecular weight excluding hydrogens is 286 g/mol. The number of nitrogens with zero attached hydrogens (tertiary/aromatic N) is 4. The predicted octanol–water partition coefficient (Wildman–Crippen LogP) is 3.57. The van der Waals surface area contributed by atoms with Crippen LogP contribution in [0.4, 0.5) is 5.69 Å². The number of aromatic nitrogens is 4. The lowest BCUT2D eigenvalue weighted by atomic mass is 9.93. The molecule has 0 aliphatic heterocycles. The molecule has 1 saturated carbocycles. The summed E-state index contributed by atoms with van der Waals surface area (Å²) in [6, 6.07) is 5.90. The number of hydrogen-bond acceptors (Lipinski definition) is 4. The van der Waals surface area contributed by atoms with Crippen molar-refractivity contribution in [2.45, 2.75) is 39.2 Å². The van der Waals surface area contributed by atoms with E-state index in [4.69, 9.17) is 17.3 Å². The topological polar surface area (TPSA) is 69.6 Å². The van der Waals surface area contributed by atoms with E-state index in [1.807, 2.05) is 16.8 Å². The van der Waals surface area contributed by atoms with Crippen LogP contribution in [0.1, 0.15) is 39.2 Å². The van der Waals surface area contributed by atoms with Crippen LogP contribution in [0.3, 0.4) is 0 Å². The van der Waals surface area contributed by atoms with E-state index in [1.165, 1.54) is 12.8 Å². The first-order chi connectivity index (χ1) is 10.1. The van der Waals surface area contributed by atoms with Crippen molar-refractivity contribution in [3.8, 4) is 11.4 Å². The first kappa shape index (κ1) is 14.3. The van der Waals surface area contributed by atoms with Crippen LogP contribution in [0.5, 0.6) is 0 Å². The molecule has 0 bridgehead atoms. The Balaban J connectivity index is 1.96. The minimum Gasteiger partial charge on any atom is -0.398 e. The largest absolute Gasteiger partial charge is 0.398 e. The fourth-order valence-electron chi connectivity index (χ4n) is 3.42. The van der Waals surface area contributed by atoms with Gasteiger partial charge in [0.05, 0.1) is 16.8 Å². The van der Waals surface area contributed by atoms with Gasteiger partial charge in [-0.1, -0.05) is 31.9 Å². The number of halogens is 1. The molecule has 2 N–H and O–H groups in total. The zero-order valence-electron chi connectivity index (χ0n) is 12.3. The summed E-state index contributed by atoms with van der Waals surface area (Å²) in [5.74, 6) is 2.11. The Hall–Kier alpha value is -1.62. The highest BCUT2D eigenvalue weighted by molar-refractivity contribution is 6.33. The lowest BCUT2D eigenvalue weighted by molar-refractivity contribution is 0.310. The van der Waals surface area contributed by atoms with E-state index in [-0.39, 0.29) is 0 Å². The van der Waals surface area contributed by atoms with Gasteiger partial charge in [0.1, 0.15) is 0 Å². The van der Waals surface area contributed by atoms with E-state index in [0.717, 1.165) is 23.7 Å². The van der Waals surface area contributed by atoms with Crippen LogP contribution in [0.2, 0.25) is 5.02 Å². The first-order valence-corrected chi connectivity index (χ1v) is 7.82. The molecule has 1 aliphatic rings. The number of rotatable bonds is 3. The van der Waals surface area contributed by atoms with Gasteiger partial charge >= 0.3 is 0 Å². The summed E-state index contributed by atoms with van der Waals surface area (Å²) >= 11 is 6.11. The average molecular weight is 306 g/mol. The molecule has 3 atom stereocenters. The van der Waals surface area contributed by atoms with E-state index in [9.17, 15) is 0 Å². The van der Waals surface area contributed by atoms with Gasteiger partial charge in [-0.05, 0) is 53.3 Å². The van der Waals surface area contributed by atoms with E-state index < -0.39 is 0 Å². The van der Waals surface area contributed by atoms with Gasteiger partial charge in [0.15, 0.2) is 5.82 Å². The summed E-state index contributed by atoms with van der Waals surface area (Å²) in [7, 11) is 0. The van der Waals surface area contributed by atoms with Crippen LogP contribution >= 0.6 is 11.6 Å². The normalized spacial score (nSPS) is 25.4. The molecule has 5 nitrogen and oxygen atoms in total. The van der Waals surface area contributed by atoms with E-state index in [1.54, 1.807) is 6.07 Å². The molecule has 0 spiro atoms. The van der Waals surface area contributed by atoms with Gasteiger partial charge in [-0.3, -0.25) is 0 Å². The number of benzene rings is 1. The molecule has 1 aromatic heterocycles. The van der Waals surface area contributed by atoms with E-state index >= 15 is 0 Å². The summed E-state index contributed by atoms with van der Waals surface area (Å²) in [6.07, 6.45) is 3.58. The maximum Gasteiger partial charge on any atom is 0.182 e. The Labute approximate surface area is 129 Å². The lowest BCUT2D eigenvalue weighted by Gasteiger charge is -2.20. The molecule has 3 rings (SSSR count). The third-order valence-electron chi connectivity index (χ3n) is 4.77. The first-order valence-electron chi connectivity index (χ1n) is 7.45. The quantitative estimate of drug-likeness (QED) is 0.880. The van der Waals surface area contributed by atoms with Crippen molar-refractivity contribution in [2.75, 3.05) is 5.73 Å². The van der Waals surface area contributed by atoms with Gasteiger partial charge in [0, 0.05) is 5.56 Å². The van der Waals surface area contributed by atoms with Gasteiger partial charge in [0.2, 0.25) is 0 Å². The lowest BCUT2D eigenvalue weighted by Crippen LogP contribution is -2.18. The fraction of sp³-hybridized carbons (Fsp3) is 0.533. The van der Waals surface area contributed by atoms with Gasteiger partial charge < -0.3 is 5.73 Å². The number of nitrogen functional groups attached to an aromatic ring is 1. The number of nitrogens with two attached hydrogens (primary N) is 1. The van der Waals surface area contributed by atoms with Crippen molar-refractivity contribution >= 4 is 17.3 Å². The van der Waals surface area contributed by atoms with Crippen molar-refractivity contribution < 1.29 is 0 Å². The van der Waals surface area contributed by atoms with Crippen LogP contribution in [-0.4, -0.2) is 20.2 Å². The van der Waals surface area contributed by atoms with Crippen LogP contribution in [0.25, 0.3) is 11.4 Å². The van der Waals surface area contributed by atoms with Crippen molar-refractivity contribution in [3.63, 3.8) is 0 Å². The van der Waals surface area contributed by atoms with Crippen molar-refractivity contribution in [2.24, 2.45) is 11.8 Å². The Morgan fingerprint density at radius 3 is 2.86 bits per heavy atom. The van der Waals surface area contributed by atoms with E-state index in [0.29, 0.717) is 22.7 Å². The highest BCUT2D eigenvalue weighted by Gasteiger charge is 2.35. The van der Waals surface area contributed by atoms with Crippen molar-refractivity contribution in [1.29, 1.82) is 0 Å². The molecule has 1 heterocycles. The third-order valence-corrected chi connectivity index (χ3v) is 5.10. The smallest absolute Gasteiger partial charge is 0.182 e. The summed E-state index contributed by atoms with van der Waals surface area (Å²) in [5, 5.41) is 12.8. The molecule has 0 radical (unpaired) electrons. The standard InChI is InChI=1S/C15H20ClN5/c1-3-10-5-7-14(9(10)2)21-15(18-19-20-21)11-4-6-13(17)12(16)8-11/h4,6,8-10,14H,3,5,7,17H2,1-2H3. The second-order valence-electron chi connectivity index (χ2n) is 5.86. The molecule has 1 aliphatic carbocycles. The molecule has 0 saturated heterocycles. The Morgan fingerprint density at radius 2 is 2.19 bits per heavy atom. The molecule has 1 fully saturated rings. The molecule has 2 aromatic rings.